The van der Waals surface area contributed by atoms with Crippen molar-refractivity contribution in [2.45, 2.75) is 78.0 Å². The van der Waals surface area contributed by atoms with E-state index >= 15 is 0 Å². The highest BCUT2D eigenvalue weighted by Gasteiger charge is 2.19. The number of nitrogens with one attached hydrogen (secondary N) is 2. The molecule has 1 atom stereocenters. The number of carbonyl (C=O) groups excluding carboxylic acids is 3. The summed E-state index contributed by atoms with van der Waals surface area (Å²) in [5.74, 6) is 0. The number of hydrogen-bond acceptors (Lipinski definition) is 5. The van der Waals surface area contributed by atoms with Crippen molar-refractivity contribution < 1.29 is 23.9 Å². The van der Waals surface area contributed by atoms with E-state index in [1.54, 1.807) is 47.8 Å². The van der Waals surface area contributed by atoms with Crippen molar-refractivity contribution in [2.24, 2.45) is 0 Å². The van der Waals surface area contributed by atoms with Crippen LogP contribution in [0.2, 0.25) is 0 Å². The Morgan fingerprint density at radius 2 is 1.48 bits per heavy atom. The van der Waals surface area contributed by atoms with E-state index in [2.05, 4.69) is 10.6 Å². The van der Waals surface area contributed by atoms with Crippen LogP contribution in [0.1, 0.15) is 60.8 Å². The van der Waals surface area contributed by atoms with Crippen LogP contribution < -0.4 is 10.6 Å². The Kier molecular flexibility index (Phi) is 8.64. The van der Waals surface area contributed by atoms with E-state index in [-0.39, 0.29) is 0 Å². The van der Waals surface area contributed by atoms with Gasteiger partial charge in [-0.15, -0.1) is 0 Å². The molecule has 1 radical (unpaired) electrons. The fourth-order valence-electron chi connectivity index (χ4n) is 1.59. The average Bonchev–Trinajstić information content (AvgIpc) is 2.32. The summed E-state index contributed by atoms with van der Waals surface area (Å²) in [7, 11) is 0. The maximum absolute atomic E-state index is 11.6. The Bertz CT molecular complexity index is 396. The number of unbranched alkanes of at least 4 members (excludes halogenated alkanes) is 1. The summed E-state index contributed by atoms with van der Waals surface area (Å²) in [6.45, 7) is 11.0. The van der Waals surface area contributed by atoms with Crippen LogP contribution in [0.5, 0.6) is 0 Å². The lowest BCUT2D eigenvalue weighted by atomic mass is 10.1. The fourth-order valence-corrected chi connectivity index (χ4v) is 1.59. The highest BCUT2D eigenvalue weighted by atomic mass is 16.6. The Hall–Kier alpha value is -1.79. The van der Waals surface area contributed by atoms with Gasteiger partial charge in [-0.1, -0.05) is 0 Å². The molecule has 0 aromatic heterocycles. The van der Waals surface area contributed by atoms with Gasteiger partial charge in [0.25, 0.3) is 0 Å². The van der Waals surface area contributed by atoms with Crippen LogP contribution in [-0.4, -0.2) is 42.3 Å². The zero-order chi connectivity index (χ0) is 18.1. The minimum absolute atomic E-state index is 0.429. The van der Waals surface area contributed by atoms with Crippen molar-refractivity contribution in [2.75, 3.05) is 6.54 Å². The Morgan fingerprint density at radius 1 is 0.957 bits per heavy atom. The second-order valence-electron chi connectivity index (χ2n) is 7.24. The van der Waals surface area contributed by atoms with Gasteiger partial charge in [-0.3, -0.25) is 4.79 Å². The van der Waals surface area contributed by atoms with Crippen LogP contribution in [0.15, 0.2) is 0 Å². The molecule has 0 aliphatic heterocycles. The molecular formula is C16H29N2O5. The van der Waals surface area contributed by atoms with Crippen LogP contribution in [0.3, 0.4) is 0 Å². The fraction of sp³-hybridized carbons (Fsp3) is 0.812. The van der Waals surface area contributed by atoms with Crippen LogP contribution in [-0.2, 0) is 14.3 Å². The van der Waals surface area contributed by atoms with E-state index in [0.717, 1.165) is 0 Å². The first-order chi connectivity index (χ1) is 10.4. The van der Waals surface area contributed by atoms with E-state index in [1.807, 2.05) is 0 Å². The molecule has 7 nitrogen and oxygen atoms in total. The minimum Gasteiger partial charge on any atom is -0.444 e. The maximum atomic E-state index is 11.6. The smallest absolute Gasteiger partial charge is 0.408 e. The predicted octanol–water partition coefficient (Wildman–Crippen LogP) is 2.68. The van der Waals surface area contributed by atoms with Gasteiger partial charge in [-0.05, 0) is 60.8 Å². The molecule has 2 amide bonds. The van der Waals surface area contributed by atoms with Gasteiger partial charge in [0.2, 0.25) is 6.29 Å². The molecule has 0 aromatic carbocycles. The van der Waals surface area contributed by atoms with Crippen molar-refractivity contribution in [1.82, 2.24) is 10.6 Å². The third-order valence-electron chi connectivity index (χ3n) is 2.42. The third-order valence-corrected chi connectivity index (χ3v) is 2.42. The summed E-state index contributed by atoms with van der Waals surface area (Å²) >= 11 is 0. The van der Waals surface area contributed by atoms with Gasteiger partial charge in [-0.25, -0.2) is 9.59 Å². The van der Waals surface area contributed by atoms with Crippen LogP contribution in [0.25, 0.3) is 0 Å². The van der Waals surface area contributed by atoms with Crippen molar-refractivity contribution >= 4 is 18.5 Å². The molecule has 0 saturated heterocycles. The number of amides is 2. The number of rotatable bonds is 7. The van der Waals surface area contributed by atoms with E-state index in [4.69, 9.17) is 9.47 Å². The molecule has 2 N–H and O–H groups in total. The Labute approximate surface area is 138 Å². The van der Waals surface area contributed by atoms with Gasteiger partial charge in [-0.2, -0.15) is 0 Å². The van der Waals surface area contributed by atoms with Gasteiger partial charge in [0.15, 0.2) is 0 Å². The van der Waals surface area contributed by atoms with Gasteiger partial charge < -0.3 is 20.1 Å². The van der Waals surface area contributed by atoms with Crippen LogP contribution >= 0.6 is 0 Å². The van der Waals surface area contributed by atoms with E-state index in [0.29, 0.717) is 25.8 Å². The van der Waals surface area contributed by atoms with Crippen molar-refractivity contribution in [3.05, 3.63) is 0 Å². The van der Waals surface area contributed by atoms with Crippen molar-refractivity contribution in [3.63, 3.8) is 0 Å². The molecule has 0 spiro atoms. The largest absolute Gasteiger partial charge is 0.444 e. The number of ether oxygens (including phenoxy) is 2. The van der Waals surface area contributed by atoms with Crippen LogP contribution in [0, 0.1) is 0 Å². The lowest BCUT2D eigenvalue weighted by molar-refractivity contribution is 0.0512. The molecule has 0 bridgehead atoms. The number of carbonyl (C=O) groups is 2. The summed E-state index contributed by atoms with van der Waals surface area (Å²) in [6.07, 6.45) is 2.40. The topological polar surface area (TPSA) is 93.7 Å². The SMILES string of the molecule is CC(C)(C)OC(=O)NCCCC[C@@H]([C]=O)NC(=O)OC(C)(C)C. The highest BCUT2D eigenvalue weighted by Crippen LogP contribution is 2.08. The lowest BCUT2D eigenvalue weighted by Gasteiger charge is -2.21. The summed E-state index contributed by atoms with van der Waals surface area (Å²) in [5, 5.41) is 5.09. The van der Waals surface area contributed by atoms with Crippen LogP contribution in [0.4, 0.5) is 9.59 Å². The van der Waals surface area contributed by atoms with Gasteiger partial charge in [0.05, 0.1) is 6.04 Å². The summed E-state index contributed by atoms with van der Waals surface area (Å²) in [5.41, 5.74) is -1.14. The van der Waals surface area contributed by atoms with Gasteiger partial charge in [0, 0.05) is 6.54 Å². The second kappa shape index (κ2) is 9.37. The Balaban J connectivity index is 3.90. The molecule has 0 aliphatic carbocycles. The maximum Gasteiger partial charge on any atom is 0.408 e. The molecule has 0 unspecified atom stereocenters. The minimum atomic E-state index is -0.716. The molecule has 0 rings (SSSR count). The zero-order valence-corrected chi connectivity index (χ0v) is 14.9. The van der Waals surface area contributed by atoms with E-state index < -0.39 is 29.4 Å². The third kappa shape index (κ3) is 13.6. The quantitative estimate of drug-likeness (QED) is 0.700. The Morgan fingerprint density at radius 3 is 1.96 bits per heavy atom. The van der Waals surface area contributed by atoms with Crippen molar-refractivity contribution in [1.29, 1.82) is 0 Å². The molecule has 0 fully saturated rings. The zero-order valence-electron chi connectivity index (χ0n) is 14.9. The molecule has 23 heavy (non-hydrogen) atoms. The lowest BCUT2D eigenvalue weighted by Crippen LogP contribution is -2.40. The number of alkyl carbamates (subject to hydrolysis) is 2. The van der Waals surface area contributed by atoms with Gasteiger partial charge in [0.1, 0.15) is 11.2 Å². The monoisotopic (exact) mass is 329 g/mol. The summed E-state index contributed by atoms with van der Waals surface area (Å²) in [4.78, 5) is 33.8. The average molecular weight is 329 g/mol. The molecule has 0 saturated carbocycles. The normalized spacial score (nSPS) is 13.0. The molecule has 7 heteroatoms. The molecule has 0 aromatic rings. The van der Waals surface area contributed by atoms with E-state index in [9.17, 15) is 14.4 Å². The second-order valence-corrected chi connectivity index (χ2v) is 7.24. The molecule has 0 aliphatic rings. The van der Waals surface area contributed by atoms with E-state index in [1.165, 1.54) is 0 Å². The molecular weight excluding hydrogens is 300 g/mol. The first-order valence-electron chi connectivity index (χ1n) is 7.77. The standard InChI is InChI=1S/C16H29N2O5/c1-15(2,3)22-13(20)17-10-8-7-9-12(11-19)18-14(21)23-16(4,5)6/h12H,7-10H2,1-6H3,(H,17,20)(H,18,21)/t12-/m0/s1. The van der Waals surface area contributed by atoms with Crippen molar-refractivity contribution in [3.8, 4) is 0 Å². The summed E-state index contributed by atoms with van der Waals surface area (Å²) < 4.78 is 10.2. The summed E-state index contributed by atoms with van der Waals surface area (Å²) in [6, 6.07) is -0.716. The number of hydrogen-bond donors (Lipinski definition) is 2. The first kappa shape index (κ1) is 21.2. The predicted molar refractivity (Wildman–Crippen MR) is 86.9 cm³/mol. The highest BCUT2D eigenvalue weighted by molar-refractivity contribution is 5.73. The molecule has 0 heterocycles. The first-order valence-corrected chi connectivity index (χ1v) is 7.77. The van der Waals surface area contributed by atoms with Gasteiger partial charge >= 0.3 is 12.2 Å². The molecule has 133 valence electrons.